The normalized spacial score (nSPS) is 11.0. The summed E-state index contributed by atoms with van der Waals surface area (Å²) >= 11 is 0.969. The maximum Gasteiger partial charge on any atom is 0.348 e. The Hall–Kier alpha value is -4.49. The summed E-state index contributed by atoms with van der Waals surface area (Å²) in [5.74, 6) is -1.50. The molecule has 0 bridgehead atoms. The number of nitriles is 1. The average molecular weight is 550 g/mol. The number of ether oxygens (including phenoxy) is 3. The Morgan fingerprint density at radius 2 is 1.51 bits per heavy atom. The van der Waals surface area contributed by atoms with Gasteiger partial charge in [-0.1, -0.05) is 12.1 Å². The van der Waals surface area contributed by atoms with Crippen molar-refractivity contribution in [1.82, 2.24) is 0 Å². The largest absolute Gasteiger partial charge is 0.462 e. The molecule has 1 aromatic carbocycles. The number of esters is 3. The van der Waals surface area contributed by atoms with Crippen LogP contribution in [0.15, 0.2) is 46.4 Å². The second-order valence-corrected chi connectivity index (χ2v) is 9.17. The average Bonchev–Trinajstić information content (AvgIpc) is 3.52. The Balaban J connectivity index is 1.85. The van der Waals surface area contributed by atoms with E-state index in [0.717, 1.165) is 11.3 Å². The number of nitrogens with zero attached hydrogens (tertiary/aromatic N) is 1. The third-order valence-corrected chi connectivity index (χ3v) is 6.77. The first-order chi connectivity index (χ1) is 18.7. The highest BCUT2D eigenvalue weighted by molar-refractivity contribution is 7.14. The number of ketones is 1. The Morgan fingerprint density at radius 1 is 0.897 bits per heavy atom. The molecule has 0 unspecified atom stereocenters. The Kier molecular flexibility index (Phi) is 9.95. The molecule has 0 aliphatic rings. The molecule has 0 saturated carbocycles. The van der Waals surface area contributed by atoms with Crippen molar-refractivity contribution in [3.8, 4) is 17.4 Å². The minimum Gasteiger partial charge on any atom is -0.462 e. The standard InChI is InChI=1S/C29H27NO8S/c1-5-35-27(32)19-10-8-18(9-11-19)23-13-12-21(38-23)14-20(16-30)22(31)15-24-25(28(33)36-6-2)17(4)26(39-24)29(34)37-7-3/h8-14H,5-7,15H2,1-4H3/b20-14+. The van der Waals surface area contributed by atoms with Gasteiger partial charge in [0.2, 0.25) is 0 Å². The van der Waals surface area contributed by atoms with Crippen molar-refractivity contribution in [3.63, 3.8) is 0 Å². The number of thiophene rings is 1. The van der Waals surface area contributed by atoms with Crippen molar-refractivity contribution in [2.24, 2.45) is 0 Å². The van der Waals surface area contributed by atoms with Crippen LogP contribution in [0.3, 0.4) is 0 Å². The molecule has 39 heavy (non-hydrogen) atoms. The second-order valence-electron chi connectivity index (χ2n) is 8.06. The van der Waals surface area contributed by atoms with Crippen molar-refractivity contribution in [3.05, 3.63) is 74.2 Å². The van der Waals surface area contributed by atoms with Gasteiger partial charge in [0, 0.05) is 22.9 Å². The van der Waals surface area contributed by atoms with Gasteiger partial charge in [-0.2, -0.15) is 5.26 Å². The van der Waals surface area contributed by atoms with E-state index in [9.17, 15) is 24.4 Å². The van der Waals surface area contributed by atoms with E-state index in [1.165, 1.54) is 6.08 Å². The SMILES string of the molecule is CCOC(=O)c1ccc(-c2ccc(/C=C(\C#N)C(=O)Cc3sc(C(=O)OCC)c(C)c3C(=O)OCC)o2)cc1. The lowest BCUT2D eigenvalue weighted by atomic mass is 10.0. The minimum atomic E-state index is -0.656. The predicted molar refractivity (Wildman–Crippen MR) is 143 cm³/mol. The number of allylic oxidation sites excluding steroid dienone is 1. The lowest BCUT2D eigenvalue weighted by Gasteiger charge is -2.05. The third-order valence-electron chi connectivity index (χ3n) is 5.50. The molecule has 3 rings (SSSR count). The molecular formula is C29H27NO8S. The quantitative estimate of drug-likeness (QED) is 0.130. The van der Waals surface area contributed by atoms with E-state index >= 15 is 0 Å². The lowest BCUT2D eigenvalue weighted by molar-refractivity contribution is -0.114. The Bertz CT molecular complexity index is 1450. The van der Waals surface area contributed by atoms with Gasteiger partial charge in [-0.05, 0) is 57.5 Å². The molecule has 10 heteroatoms. The molecule has 0 fully saturated rings. The van der Waals surface area contributed by atoms with Crippen molar-refractivity contribution in [1.29, 1.82) is 5.26 Å². The highest BCUT2D eigenvalue weighted by Gasteiger charge is 2.28. The minimum absolute atomic E-state index is 0.117. The number of hydrogen-bond acceptors (Lipinski definition) is 10. The highest BCUT2D eigenvalue weighted by atomic mass is 32.1. The summed E-state index contributed by atoms with van der Waals surface area (Å²) in [5.41, 5.74) is 1.40. The first kappa shape index (κ1) is 29.1. The number of carbonyl (C=O) groups excluding carboxylic acids is 4. The summed E-state index contributed by atoms with van der Waals surface area (Å²) in [4.78, 5) is 50.5. The molecule has 3 aromatic rings. The summed E-state index contributed by atoms with van der Waals surface area (Å²) in [6.45, 7) is 7.18. The molecule has 0 spiro atoms. The third kappa shape index (κ3) is 6.89. The second kappa shape index (κ2) is 13.3. The van der Waals surface area contributed by atoms with E-state index in [1.54, 1.807) is 64.1 Å². The van der Waals surface area contributed by atoms with Crippen molar-refractivity contribution in [2.75, 3.05) is 19.8 Å². The van der Waals surface area contributed by atoms with Crippen LogP contribution in [0.4, 0.5) is 0 Å². The van der Waals surface area contributed by atoms with Gasteiger partial charge in [0.05, 0.1) is 36.5 Å². The summed E-state index contributed by atoms with van der Waals surface area (Å²) in [7, 11) is 0. The first-order valence-corrected chi connectivity index (χ1v) is 13.0. The van der Waals surface area contributed by atoms with Gasteiger partial charge in [0.25, 0.3) is 0 Å². The fourth-order valence-corrected chi connectivity index (χ4v) is 4.87. The lowest BCUT2D eigenvalue weighted by Crippen LogP contribution is -2.12. The summed E-state index contributed by atoms with van der Waals surface area (Å²) in [5, 5.41) is 9.68. The van der Waals surface area contributed by atoms with Crippen LogP contribution < -0.4 is 0 Å². The maximum absolute atomic E-state index is 13.1. The number of furan rings is 1. The number of Topliss-reactive ketones (excluding diaryl/α,β-unsaturated/α-hetero) is 1. The molecule has 9 nitrogen and oxygen atoms in total. The number of hydrogen-bond donors (Lipinski definition) is 0. The van der Waals surface area contributed by atoms with Gasteiger partial charge in [-0.15, -0.1) is 11.3 Å². The van der Waals surface area contributed by atoms with Crippen LogP contribution in [0.5, 0.6) is 0 Å². The molecule has 0 atom stereocenters. The summed E-state index contributed by atoms with van der Waals surface area (Å²) in [6.07, 6.45) is 1.02. The molecule has 0 aliphatic heterocycles. The number of carbonyl (C=O) groups is 4. The molecule has 202 valence electrons. The van der Waals surface area contributed by atoms with Crippen molar-refractivity contribution >= 4 is 41.1 Å². The van der Waals surface area contributed by atoms with Crippen molar-refractivity contribution in [2.45, 2.75) is 34.1 Å². The fraction of sp³-hybridized carbons (Fsp3) is 0.276. The van der Waals surface area contributed by atoms with Gasteiger partial charge in [0.1, 0.15) is 22.5 Å². The van der Waals surface area contributed by atoms with Crippen LogP contribution in [-0.2, 0) is 25.4 Å². The zero-order valence-corrected chi connectivity index (χ0v) is 22.8. The molecule has 0 N–H and O–H groups in total. The van der Waals surface area contributed by atoms with E-state index in [0.29, 0.717) is 27.3 Å². The van der Waals surface area contributed by atoms with Gasteiger partial charge >= 0.3 is 17.9 Å². The molecule has 0 saturated heterocycles. The van der Waals surface area contributed by atoms with E-state index in [4.69, 9.17) is 18.6 Å². The first-order valence-electron chi connectivity index (χ1n) is 12.2. The summed E-state index contributed by atoms with van der Waals surface area (Å²) < 4.78 is 21.0. The topological polar surface area (TPSA) is 133 Å². The van der Waals surface area contributed by atoms with Gasteiger partial charge in [-0.25, -0.2) is 14.4 Å². The molecule has 2 heterocycles. The molecular weight excluding hydrogens is 522 g/mol. The van der Waals surface area contributed by atoms with Crippen LogP contribution in [-0.4, -0.2) is 43.5 Å². The smallest absolute Gasteiger partial charge is 0.348 e. The monoisotopic (exact) mass is 549 g/mol. The molecule has 0 aliphatic carbocycles. The predicted octanol–water partition coefficient (Wildman–Crippen LogP) is 5.57. The van der Waals surface area contributed by atoms with E-state index in [2.05, 4.69) is 0 Å². The molecule has 0 radical (unpaired) electrons. The van der Waals surface area contributed by atoms with Gasteiger partial charge in [0.15, 0.2) is 5.78 Å². The Morgan fingerprint density at radius 3 is 2.13 bits per heavy atom. The summed E-state index contributed by atoms with van der Waals surface area (Å²) in [6, 6.07) is 11.8. The number of rotatable bonds is 11. The highest BCUT2D eigenvalue weighted by Crippen LogP contribution is 2.31. The van der Waals surface area contributed by atoms with E-state index in [-0.39, 0.29) is 48.0 Å². The van der Waals surface area contributed by atoms with Gasteiger partial charge in [-0.3, -0.25) is 4.79 Å². The molecule has 0 amide bonds. The fourth-order valence-electron chi connectivity index (χ4n) is 3.69. The van der Waals surface area contributed by atoms with Crippen LogP contribution in [0.2, 0.25) is 0 Å². The van der Waals surface area contributed by atoms with Crippen LogP contribution >= 0.6 is 11.3 Å². The van der Waals surface area contributed by atoms with Crippen LogP contribution in [0.1, 0.15) is 67.4 Å². The van der Waals surface area contributed by atoms with Crippen LogP contribution in [0.25, 0.3) is 17.4 Å². The van der Waals surface area contributed by atoms with E-state index < -0.39 is 23.7 Å². The zero-order valence-electron chi connectivity index (χ0n) is 22.0. The van der Waals surface area contributed by atoms with E-state index in [1.807, 2.05) is 6.07 Å². The number of benzene rings is 1. The molecule has 2 aromatic heterocycles. The van der Waals surface area contributed by atoms with Gasteiger partial charge < -0.3 is 18.6 Å². The Labute approximate surface area is 229 Å². The zero-order chi connectivity index (χ0) is 28.5. The van der Waals surface area contributed by atoms with Crippen LogP contribution in [0, 0.1) is 18.3 Å². The maximum atomic E-state index is 13.1. The van der Waals surface area contributed by atoms with Crippen molar-refractivity contribution < 1.29 is 37.8 Å².